The summed E-state index contributed by atoms with van der Waals surface area (Å²) >= 11 is 6.34. The van der Waals surface area contributed by atoms with Crippen LogP contribution in [0, 0.1) is 6.92 Å². The monoisotopic (exact) mass is 471 g/mol. The van der Waals surface area contributed by atoms with Crippen LogP contribution in [0.2, 0.25) is 5.02 Å². The maximum Gasteiger partial charge on any atom is 0.433 e. The zero-order valence-electron chi connectivity index (χ0n) is 17.5. The van der Waals surface area contributed by atoms with Crippen LogP contribution in [0.3, 0.4) is 0 Å². The van der Waals surface area contributed by atoms with E-state index in [1.165, 1.54) is 6.07 Å². The van der Waals surface area contributed by atoms with Gasteiger partial charge in [-0.25, -0.2) is 4.98 Å². The highest BCUT2D eigenvalue weighted by atomic mass is 35.5. The van der Waals surface area contributed by atoms with Crippen molar-refractivity contribution in [3.8, 4) is 11.1 Å². The fourth-order valence-electron chi connectivity index (χ4n) is 3.33. The molecule has 0 aliphatic carbocycles. The number of carbonyl (C=O) groups is 1. The highest BCUT2D eigenvalue weighted by Gasteiger charge is 2.33. The molecule has 0 saturated carbocycles. The van der Waals surface area contributed by atoms with Crippen LogP contribution in [0.25, 0.3) is 22.0 Å². The van der Waals surface area contributed by atoms with Gasteiger partial charge < -0.3 is 10.6 Å². The van der Waals surface area contributed by atoms with Gasteiger partial charge in [-0.1, -0.05) is 17.7 Å². The molecular weight excluding hydrogens is 455 g/mol. The van der Waals surface area contributed by atoms with Crippen molar-refractivity contribution in [2.75, 3.05) is 17.7 Å². The second kappa shape index (κ2) is 8.67. The Bertz CT molecular complexity index is 1370. The normalized spacial score (nSPS) is 11.5. The lowest BCUT2D eigenvalue weighted by molar-refractivity contribution is -0.141. The maximum atomic E-state index is 12.9. The van der Waals surface area contributed by atoms with Gasteiger partial charge in [-0.15, -0.1) is 0 Å². The highest BCUT2D eigenvalue weighted by molar-refractivity contribution is 6.37. The molecule has 4 rings (SSSR count). The van der Waals surface area contributed by atoms with E-state index in [-0.39, 0.29) is 5.56 Å². The van der Waals surface area contributed by atoms with Crippen molar-refractivity contribution in [2.24, 2.45) is 0 Å². The average Bonchev–Trinajstić information content (AvgIpc) is 2.80. The fourth-order valence-corrected chi connectivity index (χ4v) is 3.63. The molecule has 0 atom stereocenters. The smallest absolute Gasteiger partial charge is 0.372 e. The van der Waals surface area contributed by atoms with Crippen molar-refractivity contribution in [3.05, 3.63) is 76.8 Å². The zero-order chi connectivity index (χ0) is 23.8. The number of carbonyl (C=O) groups excluding carboxylic acids is 1. The van der Waals surface area contributed by atoms with Gasteiger partial charge in [0.2, 0.25) is 0 Å². The molecule has 0 bridgehead atoms. The summed E-state index contributed by atoms with van der Waals surface area (Å²) in [5.41, 5.74) is 2.23. The number of nitrogens with zero attached hydrogens (tertiary/aromatic N) is 3. The predicted molar refractivity (Wildman–Crippen MR) is 121 cm³/mol. The van der Waals surface area contributed by atoms with Crippen LogP contribution in [0.4, 0.5) is 24.7 Å². The first-order chi connectivity index (χ1) is 15.7. The van der Waals surface area contributed by atoms with E-state index >= 15 is 0 Å². The molecule has 0 fully saturated rings. The Labute approximate surface area is 191 Å². The second-order valence-corrected chi connectivity index (χ2v) is 7.62. The Balaban J connectivity index is 1.65. The van der Waals surface area contributed by atoms with Crippen molar-refractivity contribution >= 4 is 39.9 Å². The number of anilines is 2. The number of halogens is 4. The molecule has 33 heavy (non-hydrogen) atoms. The van der Waals surface area contributed by atoms with Crippen LogP contribution in [0.15, 0.2) is 55.0 Å². The van der Waals surface area contributed by atoms with Crippen LogP contribution < -0.4 is 10.6 Å². The first-order valence-electron chi connectivity index (χ1n) is 9.75. The number of alkyl halides is 3. The van der Waals surface area contributed by atoms with E-state index in [2.05, 4.69) is 25.6 Å². The third-order valence-electron chi connectivity index (χ3n) is 5.02. The van der Waals surface area contributed by atoms with Gasteiger partial charge in [-0.3, -0.25) is 14.8 Å². The SMILES string of the molecule is CNc1ncc2cc(-c3cc(NC(=O)c4ccnc(C(F)(F)F)c4)ccc3C)cnc2c1Cl. The van der Waals surface area contributed by atoms with Crippen LogP contribution in [0.5, 0.6) is 0 Å². The molecule has 4 aromatic rings. The fraction of sp³-hybridized carbons (Fsp3) is 0.130. The van der Waals surface area contributed by atoms with E-state index in [1.807, 2.05) is 13.0 Å². The number of benzene rings is 1. The summed E-state index contributed by atoms with van der Waals surface area (Å²) < 4.78 is 38.7. The molecule has 168 valence electrons. The summed E-state index contributed by atoms with van der Waals surface area (Å²) in [6.07, 6.45) is -0.355. The molecule has 6 nitrogen and oxygen atoms in total. The van der Waals surface area contributed by atoms with Gasteiger partial charge in [0.05, 0.1) is 5.52 Å². The summed E-state index contributed by atoms with van der Waals surface area (Å²) in [4.78, 5) is 24.6. The van der Waals surface area contributed by atoms with Crippen molar-refractivity contribution in [3.63, 3.8) is 0 Å². The van der Waals surface area contributed by atoms with E-state index in [9.17, 15) is 18.0 Å². The molecule has 10 heteroatoms. The third kappa shape index (κ3) is 4.58. The van der Waals surface area contributed by atoms with Crippen LogP contribution in [-0.4, -0.2) is 27.9 Å². The highest BCUT2D eigenvalue weighted by Crippen LogP contribution is 2.32. The Morgan fingerprint density at radius 2 is 1.82 bits per heavy atom. The van der Waals surface area contributed by atoms with E-state index in [4.69, 9.17) is 11.6 Å². The second-order valence-electron chi connectivity index (χ2n) is 7.24. The lowest BCUT2D eigenvalue weighted by Gasteiger charge is -2.12. The van der Waals surface area contributed by atoms with Gasteiger partial charge in [0, 0.05) is 47.8 Å². The summed E-state index contributed by atoms with van der Waals surface area (Å²) in [7, 11) is 1.72. The van der Waals surface area contributed by atoms with Crippen molar-refractivity contribution in [1.29, 1.82) is 0 Å². The summed E-state index contributed by atoms with van der Waals surface area (Å²) in [6, 6.07) is 9.04. The predicted octanol–water partition coefficient (Wildman–Crippen LogP) is 5.97. The zero-order valence-corrected chi connectivity index (χ0v) is 18.2. The molecule has 2 N–H and O–H groups in total. The van der Waals surface area contributed by atoms with Gasteiger partial charge in [0.15, 0.2) is 0 Å². The van der Waals surface area contributed by atoms with E-state index in [0.29, 0.717) is 28.1 Å². The number of hydrogen-bond acceptors (Lipinski definition) is 5. The molecule has 3 aromatic heterocycles. The lowest BCUT2D eigenvalue weighted by atomic mass is 10.00. The maximum absolute atomic E-state index is 12.9. The van der Waals surface area contributed by atoms with Gasteiger partial charge in [0.25, 0.3) is 5.91 Å². The van der Waals surface area contributed by atoms with Crippen molar-refractivity contribution < 1.29 is 18.0 Å². The largest absolute Gasteiger partial charge is 0.433 e. The Morgan fingerprint density at radius 1 is 1.03 bits per heavy atom. The standard InChI is InChI=1S/C23H17ClF3N5O/c1-12-3-4-16(32-22(33)13-5-6-29-18(8-13)23(25,26)27)9-17(12)14-7-15-11-31-21(28-2)19(24)20(15)30-10-14/h3-11H,1-2H3,(H,28,31)(H,32,33). The summed E-state index contributed by atoms with van der Waals surface area (Å²) in [5.74, 6) is -0.153. The number of rotatable bonds is 4. The van der Waals surface area contributed by atoms with E-state index < -0.39 is 17.8 Å². The minimum atomic E-state index is -4.64. The number of aromatic nitrogens is 3. The van der Waals surface area contributed by atoms with Crippen LogP contribution in [-0.2, 0) is 6.18 Å². The molecule has 0 saturated heterocycles. The number of hydrogen-bond donors (Lipinski definition) is 2. The van der Waals surface area contributed by atoms with E-state index in [0.717, 1.165) is 28.3 Å². The number of amides is 1. The molecule has 0 aliphatic rings. The van der Waals surface area contributed by atoms with E-state index in [1.54, 1.807) is 37.6 Å². The lowest BCUT2D eigenvalue weighted by Crippen LogP contribution is -2.15. The Hall–Kier alpha value is -3.72. The van der Waals surface area contributed by atoms with Crippen molar-refractivity contribution in [1.82, 2.24) is 15.0 Å². The first-order valence-corrected chi connectivity index (χ1v) is 10.1. The third-order valence-corrected chi connectivity index (χ3v) is 5.38. The first kappa shape index (κ1) is 22.5. The molecule has 0 aliphatic heterocycles. The Morgan fingerprint density at radius 3 is 2.55 bits per heavy atom. The molecule has 0 radical (unpaired) electrons. The number of pyridine rings is 3. The average molecular weight is 472 g/mol. The molecule has 3 heterocycles. The molecule has 0 spiro atoms. The summed E-state index contributed by atoms with van der Waals surface area (Å²) in [5, 5.41) is 6.69. The number of fused-ring (bicyclic) bond motifs is 1. The molecule has 0 unspecified atom stereocenters. The number of aryl methyl sites for hydroxylation is 1. The Kier molecular flexibility index (Phi) is 5.90. The topological polar surface area (TPSA) is 79.8 Å². The van der Waals surface area contributed by atoms with Gasteiger partial charge in [-0.2, -0.15) is 13.2 Å². The minimum Gasteiger partial charge on any atom is -0.372 e. The molecular formula is C23H17ClF3N5O. The quantitative estimate of drug-likeness (QED) is 0.383. The summed E-state index contributed by atoms with van der Waals surface area (Å²) in [6.45, 7) is 1.90. The number of nitrogens with one attached hydrogen (secondary N) is 2. The van der Waals surface area contributed by atoms with Crippen LogP contribution in [0.1, 0.15) is 21.6 Å². The van der Waals surface area contributed by atoms with Gasteiger partial charge in [-0.05, 0) is 48.4 Å². The molecule has 1 aromatic carbocycles. The molecule has 1 amide bonds. The van der Waals surface area contributed by atoms with Crippen LogP contribution >= 0.6 is 11.6 Å². The van der Waals surface area contributed by atoms with Gasteiger partial charge in [0.1, 0.15) is 16.5 Å². The van der Waals surface area contributed by atoms with Crippen molar-refractivity contribution in [2.45, 2.75) is 13.1 Å². The minimum absolute atomic E-state index is 0.145. The van der Waals surface area contributed by atoms with Gasteiger partial charge >= 0.3 is 6.18 Å².